The van der Waals surface area contributed by atoms with Crippen molar-refractivity contribution in [1.82, 2.24) is 9.97 Å². The van der Waals surface area contributed by atoms with Crippen LogP contribution in [0.3, 0.4) is 0 Å². The van der Waals surface area contributed by atoms with Crippen molar-refractivity contribution in [3.8, 4) is 11.4 Å². The molecule has 9 heteroatoms. The second kappa shape index (κ2) is 8.14. The molecule has 4 rings (SSSR count). The molecule has 1 heterocycles. The van der Waals surface area contributed by atoms with Crippen LogP contribution >= 0.6 is 0 Å². The number of hydrogen-bond acceptors (Lipinski definition) is 3. The van der Waals surface area contributed by atoms with Gasteiger partial charge in [-0.2, -0.15) is 26.3 Å². The monoisotopic (exact) mass is 447 g/mol. The molecule has 4 aromatic rings. The van der Waals surface area contributed by atoms with Gasteiger partial charge in [-0.05, 0) is 35.9 Å². The first-order chi connectivity index (χ1) is 15.1. The molecule has 0 unspecified atom stereocenters. The Hall–Kier alpha value is -3.62. The molecule has 164 valence electrons. The van der Waals surface area contributed by atoms with Gasteiger partial charge in [-0.3, -0.25) is 0 Å². The summed E-state index contributed by atoms with van der Waals surface area (Å²) in [7, 11) is 0. The van der Waals surface area contributed by atoms with Crippen LogP contribution in [-0.4, -0.2) is 9.97 Å². The highest BCUT2D eigenvalue weighted by Crippen LogP contribution is 2.36. The van der Waals surface area contributed by atoms with E-state index in [9.17, 15) is 26.3 Å². The van der Waals surface area contributed by atoms with Gasteiger partial charge < -0.3 is 5.32 Å². The zero-order chi connectivity index (χ0) is 22.9. The molecule has 0 saturated heterocycles. The zero-order valence-corrected chi connectivity index (χ0v) is 16.3. The van der Waals surface area contributed by atoms with Crippen LogP contribution in [0.4, 0.5) is 32.0 Å². The summed E-state index contributed by atoms with van der Waals surface area (Å²) in [5.41, 5.74) is 0.00141. The number of nitrogens with one attached hydrogen (secondary N) is 1. The molecule has 0 saturated carbocycles. The Labute approximate surface area is 178 Å². The largest absolute Gasteiger partial charge is 0.417 e. The van der Waals surface area contributed by atoms with E-state index in [1.165, 1.54) is 36.5 Å². The number of hydrogen-bond donors (Lipinski definition) is 1. The van der Waals surface area contributed by atoms with Crippen molar-refractivity contribution in [2.45, 2.75) is 18.9 Å². The van der Waals surface area contributed by atoms with Crippen molar-refractivity contribution in [3.05, 3.63) is 89.6 Å². The van der Waals surface area contributed by atoms with Crippen molar-refractivity contribution in [2.75, 3.05) is 5.32 Å². The summed E-state index contributed by atoms with van der Waals surface area (Å²) >= 11 is 0. The predicted molar refractivity (Wildman–Crippen MR) is 109 cm³/mol. The number of fused-ring (bicyclic) bond motifs is 1. The second-order valence-electron chi connectivity index (χ2n) is 7.02. The van der Waals surface area contributed by atoms with Crippen LogP contribution in [0.25, 0.3) is 22.3 Å². The minimum atomic E-state index is -4.54. The molecule has 32 heavy (non-hydrogen) atoms. The lowest BCUT2D eigenvalue weighted by molar-refractivity contribution is -0.138. The molecule has 0 aliphatic carbocycles. The number of aromatic nitrogens is 2. The van der Waals surface area contributed by atoms with Crippen molar-refractivity contribution in [1.29, 1.82) is 0 Å². The highest BCUT2D eigenvalue weighted by atomic mass is 19.4. The number of halogens is 6. The molecule has 0 amide bonds. The second-order valence-corrected chi connectivity index (χ2v) is 7.02. The smallest absolute Gasteiger partial charge is 0.380 e. The van der Waals surface area contributed by atoms with Crippen LogP contribution in [0.15, 0.2) is 72.9 Å². The number of benzene rings is 3. The maximum atomic E-state index is 13.3. The predicted octanol–water partition coefficient (Wildman–Crippen LogP) is 6.95. The molecule has 0 aliphatic rings. The van der Waals surface area contributed by atoms with Crippen LogP contribution < -0.4 is 5.32 Å². The van der Waals surface area contributed by atoms with E-state index in [0.717, 1.165) is 18.2 Å². The maximum Gasteiger partial charge on any atom is 0.417 e. The lowest BCUT2D eigenvalue weighted by Crippen LogP contribution is -2.08. The van der Waals surface area contributed by atoms with E-state index in [0.29, 0.717) is 22.2 Å². The normalized spacial score (nSPS) is 12.2. The third-order valence-corrected chi connectivity index (χ3v) is 4.86. The summed E-state index contributed by atoms with van der Waals surface area (Å²) in [4.78, 5) is 8.43. The van der Waals surface area contributed by atoms with Gasteiger partial charge in [0.2, 0.25) is 0 Å². The number of anilines is 1. The molecule has 0 bridgehead atoms. The van der Waals surface area contributed by atoms with Gasteiger partial charge in [-0.25, -0.2) is 9.97 Å². The fourth-order valence-electron chi connectivity index (χ4n) is 3.27. The highest BCUT2D eigenvalue weighted by Gasteiger charge is 2.34. The molecule has 0 atom stereocenters. The van der Waals surface area contributed by atoms with E-state index < -0.39 is 23.5 Å². The Bertz CT molecular complexity index is 1250. The first kappa shape index (κ1) is 21.6. The third kappa shape index (κ3) is 4.51. The van der Waals surface area contributed by atoms with Gasteiger partial charge in [0.25, 0.3) is 0 Å². The average Bonchev–Trinajstić information content (AvgIpc) is 2.76. The maximum absolute atomic E-state index is 13.3. The summed E-state index contributed by atoms with van der Waals surface area (Å²) in [5, 5.41) is 3.69. The van der Waals surface area contributed by atoms with Crippen LogP contribution in [0, 0.1) is 0 Å². The minimum absolute atomic E-state index is 0.0506. The lowest BCUT2D eigenvalue weighted by Gasteiger charge is -2.13. The van der Waals surface area contributed by atoms with E-state index in [2.05, 4.69) is 15.3 Å². The van der Waals surface area contributed by atoms with Crippen molar-refractivity contribution in [2.24, 2.45) is 0 Å². The molecular formula is C23H15F6N3. The summed E-state index contributed by atoms with van der Waals surface area (Å²) in [6.45, 7) is 0.246. The summed E-state index contributed by atoms with van der Waals surface area (Å²) in [5.74, 6) is -0.0506. The van der Waals surface area contributed by atoms with E-state index in [1.54, 1.807) is 18.2 Å². The van der Waals surface area contributed by atoms with Crippen molar-refractivity contribution >= 4 is 16.6 Å². The molecule has 3 aromatic carbocycles. The van der Waals surface area contributed by atoms with Gasteiger partial charge in [0.15, 0.2) is 5.82 Å². The van der Waals surface area contributed by atoms with E-state index in [-0.39, 0.29) is 17.9 Å². The molecule has 1 aromatic heterocycles. The van der Waals surface area contributed by atoms with Gasteiger partial charge in [0.05, 0.1) is 16.6 Å². The molecule has 0 spiro atoms. The van der Waals surface area contributed by atoms with Gasteiger partial charge in [0.1, 0.15) is 0 Å². The molecular weight excluding hydrogens is 432 g/mol. The highest BCUT2D eigenvalue weighted by molar-refractivity contribution is 5.91. The van der Waals surface area contributed by atoms with Gasteiger partial charge in [0, 0.05) is 29.4 Å². The molecule has 0 aliphatic heterocycles. The first-order valence-corrected chi connectivity index (χ1v) is 9.45. The lowest BCUT2D eigenvalue weighted by atomic mass is 10.1. The summed E-state index contributed by atoms with van der Waals surface area (Å²) in [6.07, 6.45) is -7.51. The number of rotatable bonds is 4. The summed E-state index contributed by atoms with van der Waals surface area (Å²) < 4.78 is 78.1. The third-order valence-electron chi connectivity index (χ3n) is 4.86. The minimum Gasteiger partial charge on any atom is -0.380 e. The van der Waals surface area contributed by atoms with Crippen LogP contribution in [0.2, 0.25) is 0 Å². The van der Waals surface area contributed by atoms with E-state index in [1.807, 2.05) is 0 Å². The fourth-order valence-corrected chi connectivity index (χ4v) is 3.27. The average molecular weight is 447 g/mol. The van der Waals surface area contributed by atoms with Gasteiger partial charge in [-0.1, -0.05) is 36.4 Å². The molecule has 3 nitrogen and oxygen atoms in total. The Balaban J connectivity index is 1.61. The van der Waals surface area contributed by atoms with Crippen LogP contribution in [0.5, 0.6) is 0 Å². The van der Waals surface area contributed by atoms with Crippen molar-refractivity contribution < 1.29 is 26.3 Å². The Kier molecular flexibility index (Phi) is 5.50. The Morgan fingerprint density at radius 2 is 1.47 bits per heavy atom. The van der Waals surface area contributed by atoms with Gasteiger partial charge >= 0.3 is 12.4 Å². The SMILES string of the molecule is FC(F)(F)c1ccc(CNc2cccc3nc(-c4ccccc4C(F)(F)F)ncc23)cc1. The van der Waals surface area contributed by atoms with E-state index >= 15 is 0 Å². The Morgan fingerprint density at radius 1 is 0.750 bits per heavy atom. The standard InChI is InChI=1S/C23H15F6N3/c24-22(25,26)15-10-8-14(9-11-15)12-30-19-6-3-7-20-17(19)13-31-21(32-20)16-4-1-2-5-18(16)23(27,28)29/h1-11,13,30H,12H2. The zero-order valence-electron chi connectivity index (χ0n) is 16.3. The molecule has 0 radical (unpaired) electrons. The molecule has 1 N–H and O–H groups in total. The number of alkyl halides is 6. The van der Waals surface area contributed by atoms with Crippen LogP contribution in [0.1, 0.15) is 16.7 Å². The first-order valence-electron chi connectivity index (χ1n) is 9.45. The fraction of sp³-hybridized carbons (Fsp3) is 0.130. The number of nitrogens with zero attached hydrogens (tertiary/aromatic N) is 2. The topological polar surface area (TPSA) is 37.8 Å². The van der Waals surface area contributed by atoms with Gasteiger partial charge in [-0.15, -0.1) is 0 Å². The summed E-state index contributed by atoms with van der Waals surface area (Å²) in [6, 6.07) is 14.9. The van der Waals surface area contributed by atoms with Crippen LogP contribution in [-0.2, 0) is 18.9 Å². The Morgan fingerprint density at radius 3 is 2.16 bits per heavy atom. The van der Waals surface area contributed by atoms with E-state index in [4.69, 9.17) is 0 Å². The molecule has 0 fully saturated rings. The quantitative estimate of drug-likeness (QED) is 0.344. The van der Waals surface area contributed by atoms with Crippen molar-refractivity contribution in [3.63, 3.8) is 0 Å².